The molecule has 2 aromatic rings. The van der Waals surface area contributed by atoms with Crippen LogP contribution in [-0.4, -0.2) is 28.7 Å². The van der Waals surface area contributed by atoms with Crippen LogP contribution in [0.4, 0.5) is 0 Å². The summed E-state index contributed by atoms with van der Waals surface area (Å²) in [6.07, 6.45) is 10.3. The lowest BCUT2D eigenvalue weighted by molar-refractivity contribution is -0.120. The molecule has 2 aliphatic rings. The van der Waals surface area contributed by atoms with Crippen molar-refractivity contribution in [3.05, 3.63) is 78.4 Å². The van der Waals surface area contributed by atoms with Gasteiger partial charge < -0.3 is 10.0 Å². The zero-order chi connectivity index (χ0) is 24.9. The average Bonchev–Trinajstić information content (AvgIpc) is 2.89. The van der Waals surface area contributed by atoms with Crippen LogP contribution in [0, 0.1) is 0 Å². The predicted octanol–water partition coefficient (Wildman–Crippen LogP) is 5.63. The SMILES string of the molecule is CC.CC.O=C1C=CCCC1.O=C1CCCC(c2ccccc2)C1.OB(O)c1ccccc1. The van der Waals surface area contributed by atoms with Gasteiger partial charge in [0.25, 0.3) is 0 Å². The lowest BCUT2D eigenvalue weighted by Gasteiger charge is -2.20. The van der Waals surface area contributed by atoms with Crippen LogP contribution in [0.5, 0.6) is 0 Å². The molecule has 1 fully saturated rings. The molecule has 0 radical (unpaired) electrons. The normalized spacial score (nSPS) is 16.2. The number of Topliss-reactive ketones (excluding diaryl/α,β-unsaturated/α-hetero) is 1. The number of hydrogen-bond donors (Lipinski definition) is 2. The fourth-order valence-electron chi connectivity index (χ4n) is 3.35. The molecule has 2 N–H and O–H groups in total. The summed E-state index contributed by atoms with van der Waals surface area (Å²) in [7, 11) is -1.34. The van der Waals surface area contributed by atoms with Crippen molar-refractivity contribution in [2.45, 2.75) is 78.6 Å². The maximum Gasteiger partial charge on any atom is 0.488 e. The smallest absolute Gasteiger partial charge is 0.423 e. The number of hydrogen-bond acceptors (Lipinski definition) is 4. The van der Waals surface area contributed by atoms with Gasteiger partial charge in [0.1, 0.15) is 5.78 Å². The molecule has 1 saturated carbocycles. The molecule has 0 bridgehead atoms. The van der Waals surface area contributed by atoms with Crippen LogP contribution in [0.3, 0.4) is 0 Å². The minimum atomic E-state index is -1.34. The topological polar surface area (TPSA) is 74.6 Å². The number of carbonyl (C=O) groups is 2. The van der Waals surface area contributed by atoms with Crippen LogP contribution >= 0.6 is 0 Å². The van der Waals surface area contributed by atoms with Gasteiger partial charge in [-0.15, -0.1) is 0 Å². The van der Waals surface area contributed by atoms with E-state index in [1.807, 2.05) is 45.9 Å². The summed E-state index contributed by atoms with van der Waals surface area (Å²) in [6, 6.07) is 19.0. The largest absolute Gasteiger partial charge is 0.488 e. The molecule has 0 aromatic heterocycles. The van der Waals surface area contributed by atoms with Crippen molar-refractivity contribution in [3.8, 4) is 0 Å². The van der Waals surface area contributed by atoms with Gasteiger partial charge in [0, 0.05) is 19.3 Å². The van der Waals surface area contributed by atoms with Crippen LogP contribution in [0.1, 0.15) is 84.1 Å². The number of ketones is 2. The standard InChI is InChI=1S/C12H14O.C6H7BO2.C6H8O.2C2H6/c13-12-8-4-7-11(9-12)10-5-2-1-3-6-10;8-7(9)6-4-2-1-3-5-6;7-6-4-2-1-3-5-6;2*1-2/h1-3,5-6,11H,4,7-9H2;1-5,8-9H;2,4H,1,3,5H2;2*1-2H3. The van der Waals surface area contributed by atoms with Gasteiger partial charge in [-0.3, -0.25) is 9.59 Å². The van der Waals surface area contributed by atoms with Gasteiger partial charge in [-0.25, -0.2) is 0 Å². The second-order valence-corrected chi connectivity index (χ2v) is 7.29. The average molecular weight is 452 g/mol. The Kier molecular flexibility index (Phi) is 18.6. The highest BCUT2D eigenvalue weighted by Crippen LogP contribution is 2.30. The lowest BCUT2D eigenvalue weighted by Crippen LogP contribution is -2.29. The van der Waals surface area contributed by atoms with Crippen LogP contribution < -0.4 is 5.46 Å². The number of allylic oxidation sites excluding steroid dienone is 2. The van der Waals surface area contributed by atoms with Gasteiger partial charge >= 0.3 is 7.12 Å². The van der Waals surface area contributed by atoms with Gasteiger partial charge in [0.05, 0.1) is 0 Å². The molecule has 0 spiro atoms. The molecule has 0 saturated heterocycles. The van der Waals surface area contributed by atoms with E-state index in [1.54, 1.807) is 30.3 Å². The monoisotopic (exact) mass is 452 g/mol. The molecule has 1 atom stereocenters. The van der Waals surface area contributed by atoms with Crippen molar-refractivity contribution < 1.29 is 19.6 Å². The third kappa shape index (κ3) is 14.3. The highest BCUT2D eigenvalue weighted by molar-refractivity contribution is 6.58. The van der Waals surface area contributed by atoms with E-state index in [2.05, 4.69) is 24.3 Å². The van der Waals surface area contributed by atoms with E-state index < -0.39 is 7.12 Å². The summed E-state index contributed by atoms with van der Waals surface area (Å²) in [5.74, 6) is 1.20. The second kappa shape index (κ2) is 20.1. The first-order valence-electron chi connectivity index (χ1n) is 12.2. The highest BCUT2D eigenvalue weighted by atomic mass is 16.4. The molecule has 1 unspecified atom stereocenters. The molecule has 0 amide bonds. The minimum Gasteiger partial charge on any atom is -0.423 e. The summed E-state index contributed by atoms with van der Waals surface area (Å²) in [4.78, 5) is 21.6. The molecule has 4 rings (SSSR count). The molecular weight excluding hydrogens is 411 g/mol. The zero-order valence-corrected chi connectivity index (χ0v) is 20.7. The van der Waals surface area contributed by atoms with E-state index in [9.17, 15) is 9.59 Å². The molecule has 5 heteroatoms. The Morgan fingerprint density at radius 1 is 0.788 bits per heavy atom. The van der Waals surface area contributed by atoms with Crippen molar-refractivity contribution in [2.24, 2.45) is 0 Å². The molecule has 0 heterocycles. The van der Waals surface area contributed by atoms with Crippen molar-refractivity contribution in [3.63, 3.8) is 0 Å². The van der Waals surface area contributed by atoms with Crippen LogP contribution in [0.2, 0.25) is 0 Å². The second-order valence-electron chi connectivity index (χ2n) is 7.29. The number of benzene rings is 2. The van der Waals surface area contributed by atoms with Crippen LogP contribution in [0.25, 0.3) is 0 Å². The van der Waals surface area contributed by atoms with E-state index in [0.717, 1.165) is 38.5 Å². The molecule has 2 aromatic carbocycles. The molecule has 0 aliphatic heterocycles. The highest BCUT2D eigenvalue weighted by Gasteiger charge is 2.20. The predicted molar refractivity (Wildman–Crippen MR) is 140 cm³/mol. The summed E-state index contributed by atoms with van der Waals surface area (Å²) in [5, 5.41) is 17.2. The Balaban J connectivity index is 0.000000451. The van der Waals surface area contributed by atoms with Gasteiger partial charge in [0.15, 0.2) is 5.78 Å². The fraction of sp³-hybridized carbons (Fsp3) is 0.429. The van der Waals surface area contributed by atoms with E-state index in [1.165, 1.54) is 12.0 Å². The Labute approximate surface area is 200 Å². The lowest BCUT2D eigenvalue weighted by atomic mass is 9.81. The van der Waals surface area contributed by atoms with Gasteiger partial charge in [0.2, 0.25) is 0 Å². The van der Waals surface area contributed by atoms with Crippen molar-refractivity contribution >= 4 is 24.1 Å². The molecule has 180 valence electrons. The van der Waals surface area contributed by atoms with Crippen molar-refractivity contribution in [2.75, 3.05) is 0 Å². The summed E-state index contributed by atoms with van der Waals surface area (Å²) >= 11 is 0. The first-order valence-corrected chi connectivity index (χ1v) is 12.2. The van der Waals surface area contributed by atoms with Gasteiger partial charge in [-0.2, -0.15) is 0 Å². The van der Waals surface area contributed by atoms with E-state index in [4.69, 9.17) is 10.0 Å². The fourth-order valence-corrected chi connectivity index (χ4v) is 3.35. The Morgan fingerprint density at radius 2 is 1.36 bits per heavy atom. The summed E-state index contributed by atoms with van der Waals surface area (Å²) in [6.45, 7) is 8.00. The number of carbonyl (C=O) groups excluding carboxylic acids is 2. The summed E-state index contributed by atoms with van der Waals surface area (Å²) < 4.78 is 0. The van der Waals surface area contributed by atoms with Crippen LogP contribution in [-0.2, 0) is 9.59 Å². The van der Waals surface area contributed by atoms with E-state index in [-0.39, 0.29) is 5.78 Å². The Bertz CT molecular complexity index is 773. The van der Waals surface area contributed by atoms with Gasteiger partial charge in [-0.05, 0) is 48.7 Å². The number of rotatable bonds is 2. The maximum absolute atomic E-state index is 11.2. The van der Waals surface area contributed by atoms with E-state index >= 15 is 0 Å². The Morgan fingerprint density at radius 3 is 1.76 bits per heavy atom. The molecule has 4 nitrogen and oxygen atoms in total. The van der Waals surface area contributed by atoms with Crippen molar-refractivity contribution in [1.29, 1.82) is 0 Å². The first kappa shape index (κ1) is 30.5. The molecule has 33 heavy (non-hydrogen) atoms. The van der Waals surface area contributed by atoms with Crippen LogP contribution in [0.15, 0.2) is 72.8 Å². The van der Waals surface area contributed by atoms with Gasteiger partial charge in [-0.1, -0.05) is 94.4 Å². The molecule has 2 aliphatic carbocycles. The summed E-state index contributed by atoms with van der Waals surface area (Å²) in [5.41, 5.74) is 1.85. The minimum absolute atomic E-state index is 0.284. The third-order valence-electron chi connectivity index (χ3n) is 4.95. The van der Waals surface area contributed by atoms with E-state index in [0.29, 0.717) is 17.2 Å². The quantitative estimate of drug-likeness (QED) is 0.580. The third-order valence-corrected chi connectivity index (χ3v) is 4.95. The maximum atomic E-state index is 11.2. The first-order chi connectivity index (χ1) is 16.1. The molecular formula is C28H41BO4. The zero-order valence-electron chi connectivity index (χ0n) is 20.7. The van der Waals surface area contributed by atoms with Crippen molar-refractivity contribution in [1.82, 2.24) is 0 Å². The Hall–Kier alpha value is -2.50.